The lowest BCUT2D eigenvalue weighted by Crippen LogP contribution is -2.55. The van der Waals surface area contributed by atoms with Gasteiger partial charge in [0.2, 0.25) is 0 Å². The maximum Gasteiger partial charge on any atom is 0.0948 e. The number of hydrogen-bond acceptors (Lipinski definition) is 3. The van der Waals surface area contributed by atoms with Crippen molar-refractivity contribution in [3.05, 3.63) is 29.8 Å². The lowest BCUT2D eigenvalue weighted by molar-refractivity contribution is -0.0178. The maximum atomic E-state index is 11.0. The van der Waals surface area contributed by atoms with Crippen molar-refractivity contribution in [2.24, 2.45) is 0 Å². The fourth-order valence-electron chi connectivity index (χ4n) is 3.79. The molecule has 0 amide bonds. The van der Waals surface area contributed by atoms with Crippen molar-refractivity contribution in [1.29, 1.82) is 0 Å². The Morgan fingerprint density at radius 3 is 2.95 bits per heavy atom. The lowest BCUT2D eigenvalue weighted by Gasteiger charge is -2.45. The summed E-state index contributed by atoms with van der Waals surface area (Å²) < 4.78 is 0. The van der Waals surface area contributed by atoms with Crippen LogP contribution in [0.3, 0.4) is 0 Å². The van der Waals surface area contributed by atoms with E-state index < -0.39 is 5.60 Å². The Kier molecular flexibility index (Phi) is 3.74. The van der Waals surface area contributed by atoms with E-state index in [1.54, 1.807) is 0 Å². The summed E-state index contributed by atoms with van der Waals surface area (Å²) >= 11 is 0. The van der Waals surface area contributed by atoms with E-state index in [1.165, 1.54) is 17.7 Å². The maximum absolute atomic E-state index is 11.0. The first kappa shape index (κ1) is 13.9. The number of likely N-dealkylation sites (tertiary alicyclic amines) is 1. The summed E-state index contributed by atoms with van der Waals surface area (Å²) in [5.74, 6) is 0. The Morgan fingerprint density at radius 2 is 2.15 bits per heavy atom. The Hall–Kier alpha value is -1.06. The van der Waals surface area contributed by atoms with E-state index in [1.807, 2.05) is 0 Å². The summed E-state index contributed by atoms with van der Waals surface area (Å²) in [5, 5.41) is 11.0. The molecule has 1 fully saturated rings. The largest absolute Gasteiger partial charge is 0.387 e. The van der Waals surface area contributed by atoms with Crippen LogP contribution in [0.25, 0.3) is 0 Å². The third kappa shape index (κ3) is 2.70. The summed E-state index contributed by atoms with van der Waals surface area (Å²) in [6, 6.07) is 9.18. The number of benzene rings is 1. The number of likely N-dealkylation sites (N-methyl/N-ethyl adjacent to an activating group) is 1. The van der Waals surface area contributed by atoms with Gasteiger partial charge in [0.15, 0.2) is 0 Å². The molecular formula is C17H26N2O. The topological polar surface area (TPSA) is 26.7 Å². The van der Waals surface area contributed by atoms with Gasteiger partial charge in [-0.25, -0.2) is 0 Å². The van der Waals surface area contributed by atoms with Gasteiger partial charge in [-0.05, 0) is 57.8 Å². The molecule has 3 heteroatoms. The van der Waals surface area contributed by atoms with Gasteiger partial charge in [-0.2, -0.15) is 0 Å². The number of aryl methyl sites for hydroxylation is 1. The highest BCUT2D eigenvalue weighted by Gasteiger charge is 2.36. The average Bonchev–Trinajstić information content (AvgIpc) is 2.42. The van der Waals surface area contributed by atoms with Crippen LogP contribution in [0.2, 0.25) is 0 Å². The number of fused-ring (bicyclic) bond motifs is 1. The molecule has 2 atom stereocenters. The molecule has 20 heavy (non-hydrogen) atoms. The number of β-amino-alcohol motifs (C(OH)–C–C–N with tert-alkyl or cyclic N) is 1. The van der Waals surface area contributed by atoms with Gasteiger partial charge >= 0.3 is 0 Å². The normalized spacial score (nSPS) is 31.1. The van der Waals surface area contributed by atoms with Crippen molar-refractivity contribution >= 4 is 5.69 Å². The fraction of sp³-hybridized carbons (Fsp3) is 0.647. The summed E-state index contributed by atoms with van der Waals surface area (Å²) in [6.07, 6.45) is 4.36. The quantitative estimate of drug-likeness (QED) is 0.896. The molecule has 0 aliphatic carbocycles. The van der Waals surface area contributed by atoms with E-state index in [9.17, 15) is 5.11 Å². The Morgan fingerprint density at radius 1 is 1.35 bits per heavy atom. The van der Waals surface area contributed by atoms with E-state index in [0.717, 1.165) is 38.9 Å². The zero-order valence-electron chi connectivity index (χ0n) is 12.7. The monoisotopic (exact) mass is 274 g/mol. The van der Waals surface area contributed by atoms with Crippen LogP contribution in [-0.2, 0) is 6.42 Å². The molecule has 3 rings (SSSR count). The standard InChI is InChI=1S/C17H26N2O/c1-14-8-9-15-6-3-4-7-16(15)19(14)13-17(20)10-5-11-18(2)12-17/h3-4,6-7,14,20H,5,8-13H2,1-2H3/t14-,17+/m1/s1. The minimum atomic E-state index is -0.564. The molecule has 3 nitrogen and oxygen atoms in total. The predicted molar refractivity (Wildman–Crippen MR) is 83.3 cm³/mol. The van der Waals surface area contributed by atoms with E-state index in [4.69, 9.17) is 0 Å². The fourth-order valence-corrected chi connectivity index (χ4v) is 3.79. The van der Waals surface area contributed by atoms with Crippen molar-refractivity contribution < 1.29 is 5.11 Å². The number of rotatable bonds is 2. The molecule has 0 unspecified atom stereocenters. The van der Waals surface area contributed by atoms with Crippen molar-refractivity contribution in [3.8, 4) is 0 Å². The van der Waals surface area contributed by atoms with Gasteiger partial charge in [0.25, 0.3) is 0 Å². The van der Waals surface area contributed by atoms with E-state index >= 15 is 0 Å². The molecule has 1 N–H and O–H groups in total. The molecule has 1 aromatic rings. The molecule has 1 aromatic carbocycles. The molecular weight excluding hydrogens is 248 g/mol. The Labute approximate surface area is 122 Å². The smallest absolute Gasteiger partial charge is 0.0948 e. The summed E-state index contributed by atoms with van der Waals surface area (Å²) in [5.41, 5.74) is 2.19. The van der Waals surface area contributed by atoms with Crippen LogP contribution in [0.5, 0.6) is 0 Å². The first-order chi connectivity index (χ1) is 9.57. The number of para-hydroxylation sites is 1. The van der Waals surface area contributed by atoms with Crippen LogP contribution in [0, 0.1) is 0 Å². The summed E-state index contributed by atoms with van der Waals surface area (Å²) in [6.45, 7) is 4.94. The van der Waals surface area contributed by atoms with Crippen LogP contribution in [0.4, 0.5) is 5.69 Å². The van der Waals surface area contributed by atoms with Crippen LogP contribution in [-0.4, -0.2) is 48.3 Å². The van der Waals surface area contributed by atoms with Crippen molar-refractivity contribution in [2.75, 3.05) is 31.6 Å². The third-order valence-electron chi connectivity index (χ3n) is 4.88. The Bertz CT molecular complexity index is 476. The summed E-state index contributed by atoms with van der Waals surface area (Å²) in [7, 11) is 2.11. The second kappa shape index (κ2) is 5.38. The van der Waals surface area contributed by atoms with Gasteiger partial charge in [-0.1, -0.05) is 18.2 Å². The van der Waals surface area contributed by atoms with Crippen molar-refractivity contribution in [2.45, 2.75) is 44.2 Å². The second-order valence-corrected chi connectivity index (χ2v) is 6.71. The third-order valence-corrected chi connectivity index (χ3v) is 4.88. The number of anilines is 1. The highest BCUT2D eigenvalue weighted by molar-refractivity contribution is 5.56. The second-order valence-electron chi connectivity index (χ2n) is 6.71. The molecule has 1 saturated heterocycles. The van der Waals surface area contributed by atoms with Gasteiger partial charge < -0.3 is 14.9 Å². The summed E-state index contributed by atoms with van der Waals surface area (Å²) in [4.78, 5) is 4.68. The van der Waals surface area contributed by atoms with Gasteiger partial charge in [-0.15, -0.1) is 0 Å². The molecule has 0 saturated carbocycles. The molecule has 2 aliphatic heterocycles. The SMILES string of the molecule is C[C@@H]1CCc2ccccc2N1C[C@]1(O)CCCN(C)C1. The zero-order chi connectivity index (χ0) is 14.2. The lowest BCUT2D eigenvalue weighted by atomic mass is 9.89. The number of piperidine rings is 1. The van der Waals surface area contributed by atoms with Crippen LogP contribution in [0.1, 0.15) is 31.7 Å². The van der Waals surface area contributed by atoms with Crippen LogP contribution >= 0.6 is 0 Å². The van der Waals surface area contributed by atoms with Gasteiger partial charge in [0.05, 0.1) is 5.60 Å². The first-order valence-electron chi connectivity index (χ1n) is 7.83. The average molecular weight is 274 g/mol. The first-order valence-corrected chi connectivity index (χ1v) is 7.83. The molecule has 0 spiro atoms. The van der Waals surface area contributed by atoms with Gasteiger partial charge in [0.1, 0.15) is 0 Å². The van der Waals surface area contributed by atoms with Crippen molar-refractivity contribution in [3.63, 3.8) is 0 Å². The van der Waals surface area contributed by atoms with Crippen LogP contribution in [0.15, 0.2) is 24.3 Å². The van der Waals surface area contributed by atoms with Gasteiger partial charge in [-0.3, -0.25) is 0 Å². The molecule has 2 aliphatic rings. The molecule has 0 aromatic heterocycles. The van der Waals surface area contributed by atoms with E-state index in [-0.39, 0.29) is 0 Å². The number of aliphatic hydroxyl groups is 1. The molecule has 0 bridgehead atoms. The van der Waals surface area contributed by atoms with E-state index in [0.29, 0.717) is 6.04 Å². The van der Waals surface area contributed by atoms with Crippen molar-refractivity contribution in [1.82, 2.24) is 4.90 Å². The van der Waals surface area contributed by atoms with Crippen LogP contribution < -0.4 is 4.90 Å². The Balaban J connectivity index is 1.82. The molecule has 0 radical (unpaired) electrons. The predicted octanol–water partition coefficient (Wildman–Crippen LogP) is 2.28. The minimum absolute atomic E-state index is 0.515. The highest BCUT2D eigenvalue weighted by Crippen LogP contribution is 2.33. The highest BCUT2D eigenvalue weighted by atomic mass is 16.3. The molecule has 2 heterocycles. The van der Waals surface area contributed by atoms with E-state index in [2.05, 4.69) is 48.0 Å². The zero-order valence-corrected chi connectivity index (χ0v) is 12.7. The van der Waals surface area contributed by atoms with Gasteiger partial charge in [0, 0.05) is 24.8 Å². The molecule has 110 valence electrons. The number of nitrogens with zero attached hydrogens (tertiary/aromatic N) is 2. The number of hydrogen-bond donors (Lipinski definition) is 1. The minimum Gasteiger partial charge on any atom is -0.387 e.